The minimum absolute atomic E-state index is 0.141. The normalized spacial score (nSPS) is 15.9. The fourth-order valence-electron chi connectivity index (χ4n) is 2.11. The molecule has 1 heterocycles. The zero-order chi connectivity index (χ0) is 13.1. The molecule has 1 unspecified atom stereocenters. The van der Waals surface area contributed by atoms with Gasteiger partial charge in [-0.05, 0) is 17.5 Å². The Labute approximate surface area is 105 Å². The predicted octanol–water partition coefficient (Wildman–Crippen LogP) is 0.373. The van der Waals surface area contributed by atoms with E-state index in [1.54, 1.807) is 4.90 Å². The fraction of sp³-hybridized carbons (Fsp3) is 0.385. The topological polar surface area (TPSA) is 83.6 Å². The lowest BCUT2D eigenvalue weighted by molar-refractivity contribution is -0.142. The maximum absolute atomic E-state index is 11.9. The molecule has 0 spiro atoms. The number of aliphatic carboxylic acids is 1. The molecular weight excluding hydrogens is 232 g/mol. The van der Waals surface area contributed by atoms with Crippen molar-refractivity contribution in [2.75, 3.05) is 6.54 Å². The Morgan fingerprint density at radius 3 is 2.67 bits per heavy atom. The Morgan fingerprint density at radius 2 is 2.00 bits per heavy atom. The molecule has 3 N–H and O–H groups in total. The first kappa shape index (κ1) is 12.6. The Hall–Kier alpha value is -1.88. The van der Waals surface area contributed by atoms with Crippen LogP contribution in [0.4, 0.5) is 0 Å². The number of carboxylic acids is 1. The summed E-state index contributed by atoms with van der Waals surface area (Å²) in [5.74, 6) is -1.33. The third-order valence-electron chi connectivity index (χ3n) is 3.20. The highest BCUT2D eigenvalue weighted by molar-refractivity contribution is 5.84. The third-order valence-corrected chi connectivity index (χ3v) is 3.20. The van der Waals surface area contributed by atoms with Gasteiger partial charge < -0.3 is 15.7 Å². The van der Waals surface area contributed by atoms with E-state index >= 15 is 0 Å². The van der Waals surface area contributed by atoms with Gasteiger partial charge in [0.15, 0.2) is 0 Å². The first-order valence-electron chi connectivity index (χ1n) is 5.91. The van der Waals surface area contributed by atoms with Crippen molar-refractivity contribution in [3.63, 3.8) is 0 Å². The molecule has 0 aliphatic carbocycles. The average Bonchev–Trinajstić information content (AvgIpc) is 2.37. The van der Waals surface area contributed by atoms with Gasteiger partial charge in [0.05, 0.1) is 6.42 Å². The van der Waals surface area contributed by atoms with E-state index in [1.807, 2.05) is 18.2 Å². The van der Waals surface area contributed by atoms with E-state index in [2.05, 4.69) is 6.07 Å². The monoisotopic (exact) mass is 248 g/mol. The van der Waals surface area contributed by atoms with Crippen LogP contribution in [0.2, 0.25) is 0 Å². The molecule has 0 aromatic heterocycles. The maximum atomic E-state index is 11.9. The molecule has 5 heteroatoms. The van der Waals surface area contributed by atoms with Crippen molar-refractivity contribution >= 4 is 11.9 Å². The van der Waals surface area contributed by atoms with Crippen LogP contribution < -0.4 is 5.73 Å². The van der Waals surface area contributed by atoms with E-state index in [0.717, 1.165) is 12.0 Å². The molecule has 0 bridgehead atoms. The molecule has 0 fully saturated rings. The summed E-state index contributed by atoms with van der Waals surface area (Å²) in [6.07, 6.45) is 0.668. The van der Waals surface area contributed by atoms with Crippen LogP contribution in [0.15, 0.2) is 24.3 Å². The predicted molar refractivity (Wildman–Crippen MR) is 65.8 cm³/mol. The second kappa shape index (κ2) is 5.18. The summed E-state index contributed by atoms with van der Waals surface area (Å²) in [6, 6.07) is 6.85. The summed E-state index contributed by atoms with van der Waals surface area (Å²) in [4.78, 5) is 24.2. The van der Waals surface area contributed by atoms with Gasteiger partial charge in [0, 0.05) is 13.1 Å². The lowest BCUT2D eigenvalue weighted by atomic mass is 9.99. The lowest BCUT2D eigenvalue weighted by Crippen LogP contribution is -2.41. The van der Waals surface area contributed by atoms with Crippen LogP contribution in [0.1, 0.15) is 17.5 Å². The van der Waals surface area contributed by atoms with Gasteiger partial charge >= 0.3 is 5.97 Å². The summed E-state index contributed by atoms with van der Waals surface area (Å²) >= 11 is 0. The first-order chi connectivity index (χ1) is 8.58. The molecule has 1 amide bonds. The van der Waals surface area contributed by atoms with Crippen LogP contribution in [0.5, 0.6) is 0 Å². The summed E-state index contributed by atoms with van der Waals surface area (Å²) in [7, 11) is 0. The first-order valence-corrected chi connectivity index (χ1v) is 5.91. The Kier molecular flexibility index (Phi) is 3.62. The second-order valence-corrected chi connectivity index (χ2v) is 4.48. The maximum Gasteiger partial charge on any atom is 0.321 e. The van der Waals surface area contributed by atoms with Crippen LogP contribution in [-0.4, -0.2) is 34.5 Å². The molecule has 1 aliphatic rings. The van der Waals surface area contributed by atoms with Crippen molar-refractivity contribution in [3.8, 4) is 0 Å². The molecule has 18 heavy (non-hydrogen) atoms. The third kappa shape index (κ3) is 2.68. The molecule has 0 saturated heterocycles. The van der Waals surface area contributed by atoms with Crippen LogP contribution >= 0.6 is 0 Å². The number of nitrogens with two attached hydrogens (primary N) is 1. The molecule has 1 atom stereocenters. The highest BCUT2D eigenvalue weighted by Crippen LogP contribution is 2.19. The minimum Gasteiger partial charge on any atom is -0.480 e. The van der Waals surface area contributed by atoms with Gasteiger partial charge in [0.2, 0.25) is 5.91 Å². The number of carboxylic acid groups (broad SMARTS) is 1. The van der Waals surface area contributed by atoms with Gasteiger partial charge in [-0.3, -0.25) is 9.59 Å². The van der Waals surface area contributed by atoms with E-state index in [-0.39, 0.29) is 12.3 Å². The molecule has 1 aromatic carbocycles. The van der Waals surface area contributed by atoms with E-state index < -0.39 is 12.0 Å². The molecule has 5 nitrogen and oxygen atoms in total. The van der Waals surface area contributed by atoms with Crippen molar-refractivity contribution in [1.82, 2.24) is 4.90 Å². The Balaban J connectivity index is 2.00. The number of hydrogen-bond acceptors (Lipinski definition) is 3. The second-order valence-electron chi connectivity index (χ2n) is 4.48. The van der Waals surface area contributed by atoms with Gasteiger partial charge in [-0.2, -0.15) is 0 Å². The van der Waals surface area contributed by atoms with Crippen molar-refractivity contribution in [2.24, 2.45) is 5.73 Å². The number of benzene rings is 1. The van der Waals surface area contributed by atoms with E-state index in [4.69, 9.17) is 10.8 Å². The van der Waals surface area contributed by atoms with E-state index in [9.17, 15) is 9.59 Å². The highest BCUT2D eigenvalue weighted by Gasteiger charge is 2.24. The van der Waals surface area contributed by atoms with E-state index in [0.29, 0.717) is 13.1 Å². The molecule has 1 aromatic rings. The van der Waals surface area contributed by atoms with Crippen molar-refractivity contribution in [2.45, 2.75) is 25.4 Å². The van der Waals surface area contributed by atoms with Crippen molar-refractivity contribution in [1.29, 1.82) is 0 Å². The molecule has 0 saturated carbocycles. The van der Waals surface area contributed by atoms with Gasteiger partial charge in [-0.25, -0.2) is 0 Å². The zero-order valence-corrected chi connectivity index (χ0v) is 10.0. The number of fused-ring (bicyclic) bond motifs is 1. The number of carbonyl (C=O) groups is 2. The molecule has 96 valence electrons. The number of hydrogen-bond donors (Lipinski definition) is 2. The zero-order valence-electron chi connectivity index (χ0n) is 10.0. The van der Waals surface area contributed by atoms with Gasteiger partial charge in [-0.1, -0.05) is 24.3 Å². The Morgan fingerprint density at radius 1 is 1.33 bits per heavy atom. The number of carbonyl (C=O) groups excluding carboxylic acids is 1. The van der Waals surface area contributed by atoms with Crippen LogP contribution in [0.3, 0.4) is 0 Å². The van der Waals surface area contributed by atoms with Crippen molar-refractivity contribution < 1.29 is 14.7 Å². The standard InChI is InChI=1S/C13H16N2O3/c14-11(13(17)18)7-12(16)15-6-5-9-3-1-2-4-10(9)8-15/h1-4,11H,5-8,14H2,(H,17,18). The SMILES string of the molecule is NC(CC(=O)N1CCc2ccccc2C1)C(=O)O. The Bertz CT molecular complexity index is 473. The molecular formula is C13H16N2O3. The average molecular weight is 248 g/mol. The van der Waals surface area contributed by atoms with Gasteiger partial charge in [-0.15, -0.1) is 0 Å². The summed E-state index contributed by atoms with van der Waals surface area (Å²) in [5, 5.41) is 8.69. The fourth-order valence-corrected chi connectivity index (χ4v) is 2.11. The summed E-state index contributed by atoms with van der Waals surface area (Å²) in [6.45, 7) is 1.17. The van der Waals surface area contributed by atoms with Crippen LogP contribution in [0.25, 0.3) is 0 Å². The minimum atomic E-state index is -1.14. The van der Waals surface area contributed by atoms with Crippen molar-refractivity contribution in [3.05, 3.63) is 35.4 Å². The van der Waals surface area contributed by atoms with Crippen LogP contribution in [-0.2, 0) is 22.6 Å². The largest absolute Gasteiger partial charge is 0.480 e. The molecule has 0 radical (unpaired) electrons. The van der Waals surface area contributed by atoms with Gasteiger partial charge in [0.25, 0.3) is 0 Å². The lowest BCUT2D eigenvalue weighted by Gasteiger charge is -2.29. The molecule has 2 rings (SSSR count). The van der Waals surface area contributed by atoms with Gasteiger partial charge in [0.1, 0.15) is 6.04 Å². The summed E-state index contributed by atoms with van der Waals surface area (Å²) < 4.78 is 0. The molecule has 1 aliphatic heterocycles. The quantitative estimate of drug-likeness (QED) is 0.809. The van der Waals surface area contributed by atoms with Crippen LogP contribution in [0, 0.1) is 0 Å². The smallest absolute Gasteiger partial charge is 0.321 e. The number of rotatable bonds is 3. The highest BCUT2D eigenvalue weighted by atomic mass is 16.4. The van der Waals surface area contributed by atoms with E-state index in [1.165, 1.54) is 5.56 Å². The number of nitrogens with zero attached hydrogens (tertiary/aromatic N) is 1. The number of amides is 1. The summed E-state index contributed by atoms with van der Waals surface area (Å²) in [5.41, 5.74) is 7.75.